The van der Waals surface area contributed by atoms with Gasteiger partial charge in [0.1, 0.15) is 0 Å². The van der Waals surface area contributed by atoms with Crippen LogP contribution in [0.4, 0.5) is 5.69 Å². The predicted molar refractivity (Wildman–Crippen MR) is 70.1 cm³/mol. The number of esters is 1. The Hall–Kier alpha value is -1.88. The number of rotatable bonds is 3. The second kappa shape index (κ2) is 5.40. The second-order valence-corrected chi connectivity index (χ2v) is 4.72. The van der Waals surface area contributed by atoms with Gasteiger partial charge in [-0.05, 0) is 18.6 Å². The van der Waals surface area contributed by atoms with Crippen molar-refractivity contribution in [1.29, 1.82) is 0 Å². The molecule has 0 aromatic heterocycles. The molecule has 1 atom stereocenters. The van der Waals surface area contributed by atoms with E-state index < -0.39 is 5.97 Å². The van der Waals surface area contributed by atoms with Crippen LogP contribution < -0.4 is 4.90 Å². The summed E-state index contributed by atoms with van der Waals surface area (Å²) in [7, 11) is 1.32. The van der Waals surface area contributed by atoms with E-state index in [2.05, 4.69) is 0 Å². The maximum absolute atomic E-state index is 12.0. The van der Waals surface area contributed by atoms with Crippen LogP contribution >= 0.6 is 0 Å². The summed E-state index contributed by atoms with van der Waals surface area (Å²) in [5.41, 5.74) is 1.82. The van der Waals surface area contributed by atoms with Crippen LogP contribution in [-0.4, -0.2) is 37.2 Å². The number of benzene rings is 1. The number of para-hydroxylation sites is 1. The van der Waals surface area contributed by atoms with Crippen molar-refractivity contribution in [2.75, 3.05) is 25.2 Å². The van der Waals surface area contributed by atoms with E-state index in [4.69, 9.17) is 4.74 Å². The van der Waals surface area contributed by atoms with Crippen molar-refractivity contribution in [3.8, 4) is 0 Å². The summed E-state index contributed by atoms with van der Waals surface area (Å²) >= 11 is 0. The first-order valence-electron chi connectivity index (χ1n) is 6.17. The Morgan fingerprint density at radius 2 is 2.26 bits per heavy atom. The minimum atomic E-state index is -0.459. The van der Waals surface area contributed by atoms with Gasteiger partial charge >= 0.3 is 5.97 Å². The van der Waals surface area contributed by atoms with Crippen molar-refractivity contribution in [2.24, 2.45) is 5.92 Å². The van der Waals surface area contributed by atoms with Gasteiger partial charge in [-0.3, -0.25) is 4.79 Å². The second-order valence-electron chi connectivity index (χ2n) is 4.72. The minimum absolute atomic E-state index is 0.0261. The monoisotopic (exact) mass is 263 g/mol. The first-order valence-corrected chi connectivity index (χ1v) is 6.17. The minimum Gasteiger partial charge on any atom is -0.465 e. The number of ether oxygens (including phenoxy) is 1. The lowest BCUT2D eigenvalue weighted by Gasteiger charge is -2.21. The number of carbonyl (C=O) groups excluding carboxylic acids is 2. The maximum Gasteiger partial charge on any atom is 0.339 e. The van der Waals surface area contributed by atoms with Gasteiger partial charge in [-0.1, -0.05) is 12.1 Å². The highest BCUT2D eigenvalue weighted by Gasteiger charge is 2.33. The van der Waals surface area contributed by atoms with Crippen LogP contribution in [0.15, 0.2) is 18.2 Å². The predicted octanol–water partition coefficient (Wildman–Crippen LogP) is 1.13. The summed E-state index contributed by atoms with van der Waals surface area (Å²) in [6, 6.07) is 5.25. The third-order valence-corrected chi connectivity index (χ3v) is 3.38. The fraction of sp³-hybridized carbons (Fsp3) is 0.429. The van der Waals surface area contributed by atoms with Crippen molar-refractivity contribution in [3.63, 3.8) is 0 Å². The van der Waals surface area contributed by atoms with Gasteiger partial charge in [0.05, 0.1) is 18.4 Å². The molecule has 5 nitrogen and oxygen atoms in total. The van der Waals surface area contributed by atoms with Crippen LogP contribution in [0.3, 0.4) is 0 Å². The molecular weight excluding hydrogens is 246 g/mol. The summed E-state index contributed by atoms with van der Waals surface area (Å²) in [6.07, 6.45) is 0.311. The topological polar surface area (TPSA) is 66.8 Å². The molecule has 1 aromatic rings. The molecule has 5 heteroatoms. The number of aliphatic hydroxyl groups is 1. The van der Waals surface area contributed by atoms with Crippen LogP contribution in [0, 0.1) is 12.8 Å². The Morgan fingerprint density at radius 3 is 2.84 bits per heavy atom. The number of methoxy groups -OCH3 is 1. The highest BCUT2D eigenvalue weighted by molar-refractivity contribution is 6.04. The lowest BCUT2D eigenvalue weighted by Crippen LogP contribution is -2.28. The quantitative estimate of drug-likeness (QED) is 0.830. The lowest BCUT2D eigenvalue weighted by molar-refractivity contribution is -0.117. The first-order chi connectivity index (χ1) is 9.08. The number of aryl methyl sites for hydroxylation is 1. The van der Waals surface area contributed by atoms with Crippen LogP contribution in [0.5, 0.6) is 0 Å². The summed E-state index contributed by atoms with van der Waals surface area (Å²) in [6.45, 7) is 2.26. The zero-order chi connectivity index (χ0) is 14.0. The molecule has 0 saturated carbocycles. The Kier molecular flexibility index (Phi) is 3.85. The van der Waals surface area contributed by atoms with Gasteiger partial charge in [0.2, 0.25) is 5.91 Å². The van der Waals surface area contributed by atoms with Crippen molar-refractivity contribution in [1.82, 2.24) is 0 Å². The van der Waals surface area contributed by atoms with Crippen LogP contribution in [0.1, 0.15) is 22.3 Å². The molecule has 1 N–H and O–H groups in total. The van der Waals surface area contributed by atoms with Gasteiger partial charge in [0, 0.05) is 25.5 Å². The molecule has 0 aliphatic carbocycles. The molecule has 1 aliphatic rings. The molecule has 1 aromatic carbocycles. The third kappa shape index (κ3) is 2.46. The Labute approximate surface area is 111 Å². The van der Waals surface area contributed by atoms with E-state index in [9.17, 15) is 14.7 Å². The van der Waals surface area contributed by atoms with Gasteiger partial charge in [0.25, 0.3) is 0 Å². The van der Waals surface area contributed by atoms with Crippen molar-refractivity contribution >= 4 is 17.6 Å². The van der Waals surface area contributed by atoms with E-state index in [0.717, 1.165) is 5.56 Å². The highest BCUT2D eigenvalue weighted by Crippen LogP contribution is 2.31. The summed E-state index contributed by atoms with van der Waals surface area (Å²) < 4.78 is 4.75. The largest absolute Gasteiger partial charge is 0.465 e. The summed E-state index contributed by atoms with van der Waals surface area (Å²) in [4.78, 5) is 25.4. The molecule has 0 spiro atoms. The molecule has 2 rings (SSSR count). The maximum atomic E-state index is 12.0. The number of nitrogens with zero attached hydrogens (tertiary/aromatic N) is 1. The highest BCUT2D eigenvalue weighted by atomic mass is 16.5. The molecule has 1 heterocycles. The number of amides is 1. The van der Waals surface area contributed by atoms with Crippen molar-refractivity contribution in [3.05, 3.63) is 29.3 Å². The average Bonchev–Trinajstić information content (AvgIpc) is 2.78. The smallest absolute Gasteiger partial charge is 0.339 e. The zero-order valence-electron chi connectivity index (χ0n) is 11.0. The molecule has 19 heavy (non-hydrogen) atoms. The van der Waals surface area contributed by atoms with Crippen molar-refractivity contribution < 1.29 is 19.4 Å². The average molecular weight is 263 g/mol. The van der Waals surface area contributed by atoms with Crippen molar-refractivity contribution in [2.45, 2.75) is 13.3 Å². The van der Waals surface area contributed by atoms with Gasteiger partial charge < -0.3 is 14.7 Å². The number of aliphatic hydroxyl groups excluding tert-OH is 1. The van der Waals surface area contributed by atoms with E-state index in [1.165, 1.54) is 7.11 Å². The van der Waals surface area contributed by atoms with Gasteiger partial charge in [-0.15, -0.1) is 0 Å². The van der Waals surface area contributed by atoms with E-state index in [-0.39, 0.29) is 18.4 Å². The van der Waals surface area contributed by atoms with Crippen LogP contribution in [0.2, 0.25) is 0 Å². The number of hydrogen-bond acceptors (Lipinski definition) is 4. The van der Waals surface area contributed by atoms with Crippen LogP contribution in [0.25, 0.3) is 0 Å². The number of carbonyl (C=O) groups is 2. The molecule has 1 unspecified atom stereocenters. The first kappa shape index (κ1) is 13.5. The molecule has 1 fully saturated rings. The Balaban J connectivity index is 2.44. The third-order valence-electron chi connectivity index (χ3n) is 3.38. The van der Waals surface area contributed by atoms with Crippen LogP contribution in [-0.2, 0) is 9.53 Å². The molecule has 1 amide bonds. The number of hydrogen-bond donors (Lipinski definition) is 1. The molecule has 0 bridgehead atoms. The molecule has 1 saturated heterocycles. The van der Waals surface area contributed by atoms with Gasteiger partial charge in [-0.2, -0.15) is 0 Å². The Morgan fingerprint density at radius 1 is 1.53 bits per heavy atom. The van der Waals surface area contributed by atoms with E-state index in [1.54, 1.807) is 17.0 Å². The lowest BCUT2D eigenvalue weighted by atomic mass is 10.1. The molecule has 0 radical (unpaired) electrons. The van der Waals surface area contributed by atoms with Gasteiger partial charge in [0.15, 0.2) is 0 Å². The molecule has 1 aliphatic heterocycles. The van der Waals surface area contributed by atoms with E-state index in [0.29, 0.717) is 24.2 Å². The molecule has 102 valence electrons. The van der Waals surface area contributed by atoms with E-state index in [1.807, 2.05) is 13.0 Å². The molecular formula is C14H17NO4. The normalized spacial score (nSPS) is 18.8. The zero-order valence-corrected chi connectivity index (χ0v) is 11.0. The standard InChI is InChI=1S/C14H17NO4/c1-9-4-3-5-11(14(18)19-2)13(9)15-7-10(8-16)6-12(15)17/h3-5,10,16H,6-8H2,1-2H3. The SMILES string of the molecule is COC(=O)c1cccc(C)c1N1CC(CO)CC1=O. The summed E-state index contributed by atoms with van der Waals surface area (Å²) in [5.74, 6) is -0.602. The number of anilines is 1. The Bertz CT molecular complexity index is 512. The fourth-order valence-corrected chi connectivity index (χ4v) is 2.41. The summed E-state index contributed by atoms with van der Waals surface area (Å²) in [5, 5.41) is 9.17. The van der Waals surface area contributed by atoms with E-state index >= 15 is 0 Å². The fourth-order valence-electron chi connectivity index (χ4n) is 2.41. The van der Waals surface area contributed by atoms with Gasteiger partial charge in [-0.25, -0.2) is 4.79 Å².